The highest BCUT2D eigenvalue weighted by atomic mass is 16.6. The Labute approximate surface area is 200 Å². The van der Waals surface area contributed by atoms with E-state index in [-0.39, 0.29) is 22.4 Å². The Balaban J connectivity index is 1.42. The van der Waals surface area contributed by atoms with E-state index in [0.717, 1.165) is 48.4 Å². The van der Waals surface area contributed by atoms with Crippen LogP contribution in [-0.2, 0) is 13.1 Å². The summed E-state index contributed by atoms with van der Waals surface area (Å²) >= 11 is 0. The van der Waals surface area contributed by atoms with Crippen molar-refractivity contribution in [2.24, 2.45) is 0 Å². The van der Waals surface area contributed by atoms with E-state index in [1.807, 2.05) is 62.4 Å². The maximum absolute atomic E-state index is 13.0. The van der Waals surface area contributed by atoms with Crippen LogP contribution in [0.2, 0.25) is 0 Å². The first kappa shape index (κ1) is 23.6. The Morgan fingerprint density at radius 1 is 1.06 bits per heavy atom. The summed E-state index contributed by atoms with van der Waals surface area (Å²) in [6, 6.07) is 18.8. The molecule has 1 fully saturated rings. The van der Waals surface area contributed by atoms with Crippen molar-refractivity contribution in [3.8, 4) is 0 Å². The monoisotopic (exact) mass is 458 g/mol. The number of nitrogens with zero attached hydrogens (tertiary/aromatic N) is 3. The zero-order chi connectivity index (χ0) is 24.1. The van der Waals surface area contributed by atoms with Crippen LogP contribution in [0.3, 0.4) is 0 Å². The zero-order valence-corrected chi connectivity index (χ0v) is 19.7. The van der Waals surface area contributed by atoms with Gasteiger partial charge < -0.3 is 5.32 Å². The average molecular weight is 459 g/mol. The fourth-order valence-electron chi connectivity index (χ4n) is 4.49. The minimum Gasteiger partial charge on any atom is -0.348 e. The third-order valence-electron chi connectivity index (χ3n) is 6.44. The number of carbonyl (C=O) groups is 1. The molecule has 1 aromatic heterocycles. The van der Waals surface area contributed by atoms with Crippen LogP contribution in [0.5, 0.6) is 0 Å². The molecule has 0 saturated carbocycles. The maximum atomic E-state index is 13.0. The van der Waals surface area contributed by atoms with Gasteiger partial charge >= 0.3 is 0 Å². The second kappa shape index (κ2) is 10.6. The van der Waals surface area contributed by atoms with Crippen molar-refractivity contribution in [3.63, 3.8) is 0 Å². The van der Waals surface area contributed by atoms with Gasteiger partial charge in [0.2, 0.25) is 0 Å². The number of likely N-dealkylation sites (tertiary alicyclic amines) is 1. The molecule has 7 nitrogen and oxygen atoms in total. The molecular formula is C27H30N4O3. The van der Waals surface area contributed by atoms with Gasteiger partial charge in [0.1, 0.15) is 0 Å². The average Bonchev–Trinajstić information content (AvgIpc) is 2.84. The van der Waals surface area contributed by atoms with Crippen molar-refractivity contribution in [2.75, 3.05) is 13.1 Å². The van der Waals surface area contributed by atoms with Crippen molar-refractivity contribution in [1.82, 2.24) is 15.2 Å². The molecule has 34 heavy (non-hydrogen) atoms. The molecule has 0 aliphatic carbocycles. The maximum Gasteiger partial charge on any atom is 0.273 e. The number of rotatable bonds is 7. The number of nitrogens with one attached hydrogen (secondary N) is 1. The highest BCUT2D eigenvalue weighted by Crippen LogP contribution is 2.31. The number of hydrogen-bond acceptors (Lipinski definition) is 5. The highest BCUT2D eigenvalue weighted by molar-refractivity contribution is 5.95. The lowest BCUT2D eigenvalue weighted by Crippen LogP contribution is -2.34. The Bertz CT molecular complexity index is 1170. The van der Waals surface area contributed by atoms with Crippen LogP contribution in [0.25, 0.3) is 0 Å². The lowest BCUT2D eigenvalue weighted by Gasteiger charge is -2.32. The molecular weight excluding hydrogens is 428 g/mol. The highest BCUT2D eigenvalue weighted by Gasteiger charge is 2.27. The molecule has 2 aromatic carbocycles. The van der Waals surface area contributed by atoms with Crippen LogP contribution in [0.15, 0.2) is 60.7 Å². The number of piperidine rings is 1. The second-order valence-corrected chi connectivity index (χ2v) is 8.99. The van der Waals surface area contributed by atoms with Crippen LogP contribution in [0, 0.1) is 24.0 Å². The third-order valence-corrected chi connectivity index (χ3v) is 6.44. The molecule has 1 aliphatic heterocycles. The Morgan fingerprint density at radius 2 is 1.76 bits per heavy atom. The molecule has 1 saturated heterocycles. The van der Waals surface area contributed by atoms with E-state index in [0.29, 0.717) is 18.7 Å². The molecule has 0 unspecified atom stereocenters. The van der Waals surface area contributed by atoms with Gasteiger partial charge in [-0.05, 0) is 57.5 Å². The van der Waals surface area contributed by atoms with Gasteiger partial charge in [0.05, 0.1) is 16.2 Å². The predicted molar refractivity (Wildman–Crippen MR) is 132 cm³/mol. The largest absolute Gasteiger partial charge is 0.348 e. The molecule has 176 valence electrons. The molecule has 1 aliphatic rings. The second-order valence-electron chi connectivity index (χ2n) is 8.99. The van der Waals surface area contributed by atoms with Gasteiger partial charge in [-0.1, -0.05) is 48.0 Å². The van der Waals surface area contributed by atoms with Gasteiger partial charge in [-0.2, -0.15) is 0 Å². The summed E-state index contributed by atoms with van der Waals surface area (Å²) in [6.45, 7) is 6.61. The van der Waals surface area contributed by atoms with Crippen molar-refractivity contribution < 1.29 is 9.72 Å². The predicted octanol–water partition coefficient (Wildman–Crippen LogP) is 4.92. The molecule has 0 spiro atoms. The van der Waals surface area contributed by atoms with Crippen molar-refractivity contribution in [1.29, 1.82) is 0 Å². The summed E-state index contributed by atoms with van der Waals surface area (Å²) in [5.41, 5.74) is 5.53. The number of amides is 1. The molecule has 0 radical (unpaired) electrons. The minimum atomic E-state index is -0.319. The minimum absolute atomic E-state index is 0.106. The summed E-state index contributed by atoms with van der Waals surface area (Å²) in [6.07, 6.45) is 1.71. The summed E-state index contributed by atoms with van der Waals surface area (Å²) in [7, 11) is 0. The van der Waals surface area contributed by atoms with Gasteiger partial charge in [0.15, 0.2) is 0 Å². The van der Waals surface area contributed by atoms with Gasteiger partial charge in [0, 0.05) is 36.3 Å². The van der Waals surface area contributed by atoms with Gasteiger partial charge in [-0.3, -0.25) is 24.8 Å². The molecule has 1 N–H and O–H groups in total. The van der Waals surface area contributed by atoms with Crippen LogP contribution in [0.1, 0.15) is 57.2 Å². The Hall–Kier alpha value is -3.58. The molecule has 0 bridgehead atoms. The SMILES string of the molecule is Cc1ccc(CNC(=O)c2ccc(C)nc2C2CCN(Cc3ccccc3[N+](=O)[O-])CC2)cc1. The number of aromatic nitrogens is 1. The number of aryl methyl sites for hydroxylation is 2. The van der Waals surface area contributed by atoms with E-state index in [4.69, 9.17) is 4.98 Å². The zero-order valence-electron chi connectivity index (χ0n) is 19.7. The Morgan fingerprint density at radius 3 is 2.47 bits per heavy atom. The van der Waals surface area contributed by atoms with Gasteiger partial charge in [-0.15, -0.1) is 0 Å². The van der Waals surface area contributed by atoms with E-state index >= 15 is 0 Å². The number of nitro groups is 1. The lowest BCUT2D eigenvalue weighted by molar-refractivity contribution is -0.385. The number of para-hydroxylation sites is 1. The smallest absolute Gasteiger partial charge is 0.273 e. The summed E-state index contributed by atoms with van der Waals surface area (Å²) < 4.78 is 0. The van der Waals surface area contributed by atoms with E-state index in [1.165, 1.54) is 5.56 Å². The van der Waals surface area contributed by atoms with Gasteiger partial charge in [-0.25, -0.2) is 0 Å². The Kier molecular flexibility index (Phi) is 7.33. The number of nitro benzene ring substituents is 1. The van der Waals surface area contributed by atoms with Crippen LogP contribution in [0.4, 0.5) is 5.69 Å². The fourth-order valence-corrected chi connectivity index (χ4v) is 4.49. The molecule has 2 heterocycles. The van der Waals surface area contributed by atoms with Crippen molar-refractivity contribution in [2.45, 2.75) is 45.7 Å². The summed E-state index contributed by atoms with van der Waals surface area (Å²) in [5.74, 6) is 0.0763. The number of benzene rings is 2. The topological polar surface area (TPSA) is 88.4 Å². The number of hydrogen-bond donors (Lipinski definition) is 1. The molecule has 1 amide bonds. The number of pyridine rings is 1. The normalized spacial score (nSPS) is 14.6. The molecule has 0 atom stereocenters. The van der Waals surface area contributed by atoms with E-state index < -0.39 is 0 Å². The van der Waals surface area contributed by atoms with Crippen LogP contribution in [-0.4, -0.2) is 33.8 Å². The molecule has 4 rings (SSSR count). The third kappa shape index (κ3) is 5.66. The first-order chi connectivity index (χ1) is 16.4. The molecule has 3 aromatic rings. The quantitative estimate of drug-likeness (QED) is 0.401. The van der Waals surface area contributed by atoms with Crippen LogP contribution < -0.4 is 5.32 Å². The van der Waals surface area contributed by atoms with E-state index in [1.54, 1.807) is 12.1 Å². The standard InChI is InChI=1S/C27H30N4O3/c1-19-7-10-21(11-8-19)17-28-27(32)24-12-9-20(2)29-26(24)22-13-15-30(16-14-22)18-23-5-3-4-6-25(23)31(33)34/h3-12,22H,13-18H2,1-2H3,(H,28,32). The van der Waals surface area contributed by atoms with Crippen molar-refractivity contribution >= 4 is 11.6 Å². The molecule has 7 heteroatoms. The summed E-state index contributed by atoms with van der Waals surface area (Å²) in [5, 5.41) is 14.4. The first-order valence-corrected chi connectivity index (χ1v) is 11.7. The van der Waals surface area contributed by atoms with Gasteiger partial charge in [0.25, 0.3) is 11.6 Å². The summed E-state index contributed by atoms with van der Waals surface area (Å²) in [4.78, 5) is 31.1. The van der Waals surface area contributed by atoms with Crippen molar-refractivity contribution in [3.05, 3.63) is 104 Å². The first-order valence-electron chi connectivity index (χ1n) is 11.7. The number of carbonyl (C=O) groups excluding carboxylic acids is 1. The fraction of sp³-hybridized carbons (Fsp3) is 0.333. The van der Waals surface area contributed by atoms with E-state index in [9.17, 15) is 14.9 Å². The van der Waals surface area contributed by atoms with E-state index in [2.05, 4.69) is 10.2 Å². The lowest BCUT2D eigenvalue weighted by atomic mass is 9.89. The van der Waals surface area contributed by atoms with Crippen LogP contribution >= 0.6 is 0 Å².